The molecule has 18 heavy (non-hydrogen) atoms. The number of carbonyl (C=O) groups excluding carboxylic acids is 1. The second kappa shape index (κ2) is 5.10. The number of benzene rings is 1. The molecule has 1 amide bonds. The van der Waals surface area contributed by atoms with Gasteiger partial charge < -0.3 is 10.6 Å². The Morgan fingerprint density at radius 3 is 2.67 bits per heavy atom. The normalized spacial score (nSPS) is 12.4. The van der Waals surface area contributed by atoms with Gasteiger partial charge in [-0.05, 0) is 25.1 Å². The van der Waals surface area contributed by atoms with Crippen molar-refractivity contribution in [1.29, 1.82) is 0 Å². The van der Waals surface area contributed by atoms with E-state index in [1.54, 1.807) is 42.5 Å². The van der Waals surface area contributed by atoms with E-state index in [0.29, 0.717) is 12.1 Å². The van der Waals surface area contributed by atoms with Gasteiger partial charge in [-0.1, -0.05) is 0 Å². The molecular weight excluding hydrogens is 228 g/mol. The van der Waals surface area contributed by atoms with Crippen LogP contribution in [0.4, 0.5) is 0 Å². The SMILES string of the molecule is CC(CN)N(C)C(=O)c1ccc2nccnc2c1. The van der Waals surface area contributed by atoms with E-state index in [1.165, 1.54) is 0 Å². The molecule has 0 radical (unpaired) electrons. The molecule has 0 fully saturated rings. The van der Waals surface area contributed by atoms with Crippen LogP contribution in [-0.2, 0) is 0 Å². The van der Waals surface area contributed by atoms with Crippen LogP contribution in [0.2, 0.25) is 0 Å². The van der Waals surface area contributed by atoms with Crippen LogP contribution < -0.4 is 5.73 Å². The quantitative estimate of drug-likeness (QED) is 0.876. The van der Waals surface area contributed by atoms with Crippen molar-refractivity contribution >= 4 is 16.9 Å². The summed E-state index contributed by atoms with van der Waals surface area (Å²) in [5.74, 6) is -0.0551. The second-order valence-corrected chi connectivity index (χ2v) is 4.26. The lowest BCUT2D eigenvalue weighted by Gasteiger charge is -2.23. The van der Waals surface area contributed by atoms with Gasteiger partial charge in [-0.25, -0.2) is 0 Å². The molecule has 2 N–H and O–H groups in total. The second-order valence-electron chi connectivity index (χ2n) is 4.26. The molecule has 1 aromatic carbocycles. The molecule has 0 aliphatic carbocycles. The predicted molar refractivity (Wildman–Crippen MR) is 70.1 cm³/mol. The zero-order chi connectivity index (χ0) is 13.1. The zero-order valence-corrected chi connectivity index (χ0v) is 10.5. The number of hydrogen-bond acceptors (Lipinski definition) is 4. The largest absolute Gasteiger partial charge is 0.338 e. The number of aromatic nitrogens is 2. The summed E-state index contributed by atoms with van der Waals surface area (Å²) in [6.45, 7) is 2.36. The van der Waals surface area contributed by atoms with Gasteiger partial charge in [0.05, 0.1) is 11.0 Å². The van der Waals surface area contributed by atoms with E-state index in [1.807, 2.05) is 6.92 Å². The number of nitrogens with two attached hydrogens (primary N) is 1. The fourth-order valence-corrected chi connectivity index (χ4v) is 1.66. The van der Waals surface area contributed by atoms with Gasteiger partial charge >= 0.3 is 0 Å². The number of nitrogens with zero attached hydrogens (tertiary/aromatic N) is 3. The highest BCUT2D eigenvalue weighted by Crippen LogP contribution is 2.13. The van der Waals surface area contributed by atoms with Crippen molar-refractivity contribution < 1.29 is 4.79 Å². The minimum atomic E-state index is -0.0551. The lowest BCUT2D eigenvalue weighted by atomic mass is 10.1. The van der Waals surface area contributed by atoms with Crippen molar-refractivity contribution in [3.8, 4) is 0 Å². The van der Waals surface area contributed by atoms with Crippen molar-refractivity contribution in [1.82, 2.24) is 14.9 Å². The van der Waals surface area contributed by atoms with Gasteiger partial charge in [-0.3, -0.25) is 14.8 Å². The summed E-state index contributed by atoms with van der Waals surface area (Å²) in [5, 5.41) is 0. The molecule has 1 aromatic heterocycles. The summed E-state index contributed by atoms with van der Waals surface area (Å²) in [6, 6.07) is 5.33. The summed E-state index contributed by atoms with van der Waals surface area (Å²) < 4.78 is 0. The summed E-state index contributed by atoms with van der Waals surface area (Å²) in [7, 11) is 1.75. The average molecular weight is 244 g/mol. The van der Waals surface area contributed by atoms with Crippen LogP contribution in [0.15, 0.2) is 30.6 Å². The Kier molecular flexibility index (Phi) is 3.53. The van der Waals surface area contributed by atoms with Crippen LogP contribution in [0.3, 0.4) is 0 Å². The Hall–Kier alpha value is -2.01. The van der Waals surface area contributed by atoms with Crippen molar-refractivity contribution in [3.05, 3.63) is 36.2 Å². The molecule has 2 aromatic rings. The number of fused-ring (bicyclic) bond motifs is 1. The van der Waals surface area contributed by atoms with E-state index in [9.17, 15) is 4.79 Å². The standard InChI is InChI=1S/C13H16N4O/c1-9(8-14)17(2)13(18)10-3-4-11-12(7-10)16-6-5-15-11/h3-7,9H,8,14H2,1-2H3. The number of rotatable bonds is 3. The molecule has 5 heteroatoms. The molecule has 0 bridgehead atoms. The van der Waals surface area contributed by atoms with Gasteiger partial charge in [0.1, 0.15) is 0 Å². The molecule has 94 valence electrons. The lowest BCUT2D eigenvalue weighted by molar-refractivity contribution is 0.0748. The fraction of sp³-hybridized carbons (Fsp3) is 0.308. The average Bonchev–Trinajstić information content (AvgIpc) is 2.44. The number of likely N-dealkylation sites (N-methyl/N-ethyl adjacent to an activating group) is 1. The third-order valence-electron chi connectivity index (χ3n) is 3.04. The van der Waals surface area contributed by atoms with E-state index in [4.69, 9.17) is 5.73 Å². The maximum atomic E-state index is 12.2. The summed E-state index contributed by atoms with van der Waals surface area (Å²) in [5.41, 5.74) is 7.67. The van der Waals surface area contributed by atoms with Crippen LogP contribution in [0.1, 0.15) is 17.3 Å². The molecule has 0 saturated heterocycles. The third-order valence-corrected chi connectivity index (χ3v) is 3.04. The number of hydrogen-bond donors (Lipinski definition) is 1. The van der Waals surface area contributed by atoms with Gasteiger partial charge in [0, 0.05) is 37.6 Å². The first kappa shape index (κ1) is 12.4. The number of carbonyl (C=O) groups is 1. The Morgan fingerprint density at radius 1 is 1.33 bits per heavy atom. The van der Waals surface area contributed by atoms with Gasteiger partial charge in [-0.15, -0.1) is 0 Å². The summed E-state index contributed by atoms with van der Waals surface area (Å²) >= 11 is 0. The molecule has 0 saturated carbocycles. The van der Waals surface area contributed by atoms with Crippen LogP contribution in [0.25, 0.3) is 11.0 Å². The molecular formula is C13H16N4O. The van der Waals surface area contributed by atoms with Crippen molar-refractivity contribution in [2.45, 2.75) is 13.0 Å². The Labute approximate surface area is 106 Å². The topological polar surface area (TPSA) is 72.1 Å². The first-order valence-electron chi connectivity index (χ1n) is 5.81. The van der Waals surface area contributed by atoms with E-state index in [0.717, 1.165) is 11.0 Å². The highest BCUT2D eigenvalue weighted by atomic mass is 16.2. The molecule has 0 aliphatic rings. The van der Waals surface area contributed by atoms with Gasteiger partial charge in [0.25, 0.3) is 5.91 Å². The van der Waals surface area contributed by atoms with Gasteiger partial charge in [0.2, 0.25) is 0 Å². The first-order chi connectivity index (χ1) is 8.63. The molecule has 1 atom stereocenters. The van der Waals surface area contributed by atoms with Crippen LogP contribution >= 0.6 is 0 Å². The zero-order valence-electron chi connectivity index (χ0n) is 10.5. The van der Waals surface area contributed by atoms with Gasteiger partial charge in [0.15, 0.2) is 0 Å². The van der Waals surface area contributed by atoms with E-state index >= 15 is 0 Å². The fourth-order valence-electron chi connectivity index (χ4n) is 1.66. The molecule has 0 spiro atoms. The lowest BCUT2D eigenvalue weighted by Crippen LogP contribution is -2.39. The minimum Gasteiger partial charge on any atom is -0.338 e. The Morgan fingerprint density at radius 2 is 2.00 bits per heavy atom. The Balaban J connectivity index is 2.33. The molecule has 1 unspecified atom stereocenters. The van der Waals surface area contributed by atoms with Crippen LogP contribution in [0, 0.1) is 0 Å². The highest BCUT2D eigenvalue weighted by molar-refractivity contribution is 5.97. The molecule has 1 heterocycles. The van der Waals surface area contributed by atoms with Crippen molar-refractivity contribution in [3.63, 3.8) is 0 Å². The maximum Gasteiger partial charge on any atom is 0.253 e. The monoisotopic (exact) mass is 244 g/mol. The van der Waals surface area contributed by atoms with Crippen LogP contribution in [-0.4, -0.2) is 40.4 Å². The van der Waals surface area contributed by atoms with Crippen LogP contribution in [0.5, 0.6) is 0 Å². The minimum absolute atomic E-state index is 0.00931. The summed E-state index contributed by atoms with van der Waals surface area (Å²) in [4.78, 5) is 22.2. The van der Waals surface area contributed by atoms with Crippen molar-refractivity contribution in [2.24, 2.45) is 5.73 Å². The maximum absolute atomic E-state index is 12.2. The molecule has 5 nitrogen and oxygen atoms in total. The van der Waals surface area contributed by atoms with E-state index in [-0.39, 0.29) is 11.9 Å². The van der Waals surface area contributed by atoms with E-state index < -0.39 is 0 Å². The van der Waals surface area contributed by atoms with Gasteiger partial charge in [-0.2, -0.15) is 0 Å². The number of amides is 1. The highest BCUT2D eigenvalue weighted by Gasteiger charge is 2.16. The summed E-state index contributed by atoms with van der Waals surface area (Å²) in [6.07, 6.45) is 3.25. The first-order valence-corrected chi connectivity index (χ1v) is 5.81. The van der Waals surface area contributed by atoms with E-state index in [2.05, 4.69) is 9.97 Å². The molecule has 2 rings (SSSR count). The predicted octanol–water partition coefficient (Wildman–Crippen LogP) is 1.05. The smallest absolute Gasteiger partial charge is 0.253 e. The Bertz CT molecular complexity index is 570. The molecule has 0 aliphatic heterocycles. The third kappa shape index (κ3) is 2.31. The van der Waals surface area contributed by atoms with Crippen molar-refractivity contribution in [2.75, 3.05) is 13.6 Å².